The lowest BCUT2D eigenvalue weighted by atomic mass is 9.84. The molecule has 3 aromatic rings. The molecule has 0 spiro atoms. The van der Waals surface area contributed by atoms with Crippen molar-refractivity contribution in [2.45, 2.75) is 12.3 Å². The highest BCUT2D eigenvalue weighted by atomic mass is 16.5. The molecule has 0 bridgehead atoms. The van der Waals surface area contributed by atoms with Gasteiger partial charge in [-0.05, 0) is 18.2 Å². The Kier molecular flexibility index (Phi) is 4.25. The van der Waals surface area contributed by atoms with E-state index in [-0.39, 0.29) is 11.8 Å². The highest BCUT2D eigenvalue weighted by Crippen LogP contribution is 2.43. The monoisotopic (exact) mass is 376 g/mol. The summed E-state index contributed by atoms with van der Waals surface area (Å²) in [7, 11) is 0. The summed E-state index contributed by atoms with van der Waals surface area (Å²) in [6.07, 6.45) is 5.69. The van der Waals surface area contributed by atoms with E-state index in [9.17, 15) is 4.79 Å². The molecule has 8 heteroatoms. The Morgan fingerprint density at radius 3 is 2.82 bits per heavy atom. The van der Waals surface area contributed by atoms with Crippen LogP contribution in [0.3, 0.4) is 0 Å². The molecular formula is C20H20N6O2. The van der Waals surface area contributed by atoms with E-state index < -0.39 is 0 Å². The van der Waals surface area contributed by atoms with Crippen LogP contribution < -0.4 is 10.2 Å². The van der Waals surface area contributed by atoms with Gasteiger partial charge in [0.05, 0.1) is 18.9 Å². The van der Waals surface area contributed by atoms with Gasteiger partial charge in [0, 0.05) is 60.7 Å². The first-order chi connectivity index (χ1) is 13.8. The Hall–Kier alpha value is -3.26. The zero-order chi connectivity index (χ0) is 18.9. The van der Waals surface area contributed by atoms with Crippen molar-refractivity contribution in [1.29, 1.82) is 0 Å². The summed E-state index contributed by atoms with van der Waals surface area (Å²) in [5, 5.41) is 10.3. The number of anilines is 2. The third kappa shape index (κ3) is 2.91. The molecule has 0 radical (unpaired) electrons. The molecule has 0 aromatic carbocycles. The molecule has 1 amide bonds. The third-order valence-electron chi connectivity index (χ3n) is 5.25. The molecule has 142 valence electrons. The van der Waals surface area contributed by atoms with Crippen LogP contribution >= 0.6 is 0 Å². The molecule has 1 fully saturated rings. The first kappa shape index (κ1) is 16.9. The van der Waals surface area contributed by atoms with E-state index in [0.717, 1.165) is 41.3 Å². The van der Waals surface area contributed by atoms with Crippen LogP contribution in [0.5, 0.6) is 0 Å². The molecule has 1 saturated heterocycles. The summed E-state index contributed by atoms with van der Waals surface area (Å²) in [6.45, 7) is 2.94. The van der Waals surface area contributed by atoms with Gasteiger partial charge in [-0.25, -0.2) is 4.98 Å². The zero-order valence-electron chi connectivity index (χ0n) is 15.3. The number of fused-ring (bicyclic) bond motifs is 1. The number of amides is 1. The first-order valence-corrected chi connectivity index (χ1v) is 9.37. The maximum atomic E-state index is 12.4. The molecule has 28 heavy (non-hydrogen) atoms. The summed E-state index contributed by atoms with van der Waals surface area (Å²) in [5.74, 6) is 1.31. The minimum atomic E-state index is -0.135. The Bertz CT molecular complexity index is 997. The van der Waals surface area contributed by atoms with Crippen molar-refractivity contribution in [3.8, 4) is 11.3 Å². The van der Waals surface area contributed by atoms with Crippen LogP contribution in [0.4, 0.5) is 11.6 Å². The van der Waals surface area contributed by atoms with Crippen LogP contribution in [0.15, 0.2) is 42.9 Å². The highest BCUT2D eigenvalue weighted by Gasteiger charge is 2.34. The summed E-state index contributed by atoms with van der Waals surface area (Å²) < 4.78 is 5.49. The molecule has 2 aliphatic heterocycles. The summed E-state index contributed by atoms with van der Waals surface area (Å²) in [4.78, 5) is 23.5. The molecule has 5 rings (SSSR count). The van der Waals surface area contributed by atoms with Crippen molar-refractivity contribution in [3.63, 3.8) is 0 Å². The number of hydrogen-bond acceptors (Lipinski definition) is 6. The lowest BCUT2D eigenvalue weighted by molar-refractivity contribution is -0.116. The first-order valence-electron chi connectivity index (χ1n) is 9.37. The maximum absolute atomic E-state index is 12.4. The van der Waals surface area contributed by atoms with Crippen LogP contribution in [0, 0.1) is 0 Å². The lowest BCUT2D eigenvalue weighted by Crippen LogP contribution is -2.38. The smallest absolute Gasteiger partial charge is 0.226 e. The third-order valence-corrected chi connectivity index (χ3v) is 5.25. The van der Waals surface area contributed by atoms with E-state index in [4.69, 9.17) is 4.74 Å². The summed E-state index contributed by atoms with van der Waals surface area (Å²) in [5.41, 5.74) is 3.83. The van der Waals surface area contributed by atoms with Gasteiger partial charge in [0.15, 0.2) is 5.82 Å². The van der Waals surface area contributed by atoms with Crippen LogP contribution in [0.25, 0.3) is 11.3 Å². The minimum absolute atomic E-state index is 0.0430. The Morgan fingerprint density at radius 1 is 1.14 bits per heavy atom. The molecule has 2 aliphatic rings. The topological polar surface area (TPSA) is 96.0 Å². The fraction of sp³-hybridized carbons (Fsp3) is 0.300. The van der Waals surface area contributed by atoms with E-state index in [2.05, 4.69) is 36.4 Å². The van der Waals surface area contributed by atoms with Crippen LogP contribution in [-0.4, -0.2) is 52.4 Å². The molecule has 5 heterocycles. The Labute approximate surface area is 162 Å². The number of aromatic amines is 1. The second-order valence-corrected chi connectivity index (χ2v) is 6.92. The van der Waals surface area contributed by atoms with Gasteiger partial charge in [-0.15, -0.1) is 0 Å². The standard InChI is InChI=1S/C20H20N6O2/c27-16-11-15(14-4-2-6-22-20(14)26-7-9-28-10-8-26)17-18(24-25-19(17)23-16)13-3-1-5-21-12-13/h1-6,12,15H,7-11H2,(H2,23,24,25,27). The zero-order valence-corrected chi connectivity index (χ0v) is 15.3. The molecule has 0 saturated carbocycles. The number of morpholine rings is 1. The largest absolute Gasteiger partial charge is 0.378 e. The summed E-state index contributed by atoms with van der Waals surface area (Å²) >= 11 is 0. The van der Waals surface area contributed by atoms with Gasteiger partial charge < -0.3 is 15.0 Å². The Morgan fingerprint density at radius 2 is 2.00 bits per heavy atom. The number of ether oxygens (including phenoxy) is 1. The van der Waals surface area contributed by atoms with Gasteiger partial charge in [0.2, 0.25) is 5.91 Å². The van der Waals surface area contributed by atoms with Gasteiger partial charge in [0.1, 0.15) is 5.82 Å². The lowest BCUT2D eigenvalue weighted by Gasteiger charge is -2.32. The van der Waals surface area contributed by atoms with Crippen LogP contribution in [0.2, 0.25) is 0 Å². The fourth-order valence-corrected chi connectivity index (χ4v) is 3.97. The SMILES string of the molecule is O=C1CC(c2cccnc2N2CCOCC2)c2c(n[nH]c2-c2cccnc2)N1. The van der Waals surface area contributed by atoms with Gasteiger partial charge in [0.25, 0.3) is 0 Å². The normalized spacial score (nSPS) is 19.2. The van der Waals surface area contributed by atoms with Crippen molar-refractivity contribution in [2.24, 2.45) is 0 Å². The van der Waals surface area contributed by atoms with Crippen molar-refractivity contribution in [3.05, 3.63) is 54.0 Å². The number of hydrogen-bond donors (Lipinski definition) is 2. The second-order valence-electron chi connectivity index (χ2n) is 6.92. The van der Waals surface area contributed by atoms with E-state index in [1.165, 1.54) is 0 Å². The van der Waals surface area contributed by atoms with Gasteiger partial charge >= 0.3 is 0 Å². The van der Waals surface area contributed by atoms with Crippen LogP contribution in [0.1, 0.15) is 23.5 Å². The summed E-state index contributed by atoms with van der Waals surface area (Å²) in [6, 6.07) is 7.86. The number of nitrogens with one attached hydrogen (secondary N) is 2. The molecule has 3 aromatic heterocycles. The number of H-pyrrole nitrogens is 1. The number of nitrogens with zero attached hydrogens (tertiary/aromatic N) is 4. The number of aromatic nitrogens is 4. The van der Waals surface area contributed by atoms with E-state index in [1.54, 1.807) is 18.6 Å². The van der Waals surface area contributed by atoms with Crippen molar-refractivity contribution in [2.75, 3.05) is 36.5 Å². The van der Waals surface area contributed by atoms with Gasteiger partial charge in [-0.3, -0.25) is 14.9 Å². The number of rotatable bonds is 3. The number of pyridine rings is 2. The molecule has 2 N–H and O–H groups in total. The predicted molar refractivity (Wildman–Crippen MR) is 104 cm³/mol. The van der Waals surface area contributed by atoms with E-state index in [1.807, 2.05) is 18.2 Å². The van der Waals surface area contributed by atoms with Crippen molar-refractivity contribution >= 4 is 17.5 Å². The average Bonchev–Trinajstić information content (AvgIpc) is 3.18. The number of carbonyl (C=O) groups is 1. The average molecular weight is 376 g/mol. The molecule has 1 atom stereocenters. The fourth-order valence-electron chi connectivity index (χ4n) is 3.97. The molecular weight excluding hydrogens is 356 g/mol. The second kappa shape index (κ2) is 7.05. The minimum Gasteiger partial charge on any atom is -0.378 e. The highest BCUT2D eigenvalue weighted by molar-refractivity contribution is 5.96. The Balaban J connectivity index is 1.63. The van der Waals surface area contributed by atoms with Crippen molar-refractivity contribution in [1.82, 2.24) is 20.2 Å². The molecule has 1 unspecified atom stereocenters. The van der Waals surface area contributed by atoms with E-state index >= 15 is 0 Å². The maximum Gasteiger partial charge on any atom is 0.226 e. The van der Waals surface area contributed by atoms with Crippen molar-refractivity contribution < 1.29 is 9.53 Å². The predicted octanol–water partition coefficient (Wildman–Crippen LogP) is 2.18. The van der Waals surface area contributed by atoms with Gasteiger partial charge in [-0.2, -0.15) is 5.10 Å². The van der Waals surface area contributed by atoms with Crippen LogP contribution in [-0.2, 0) is 9.53 Å². The quantitative estimate of drug-likeness (QED) is 0.727. The molecule has 8 nitrogen and oxygen atoms in total. The van der Waals surface area contributed by atoms with E-state index in [0.29, 0.717) is 25.5 Å². The number of carbonyl (C=O) groups excluding carboxylic acids is 1. The molecule has 0 aliphatic carbocycles. The van der Waals surface area contributed by atoms with Gasteiger partial charge in [-0.1, -0.05) is 6.07 Å².